The Morgan fingerprint density at radius 3 is 3.05 bits per heavy atom. The lowest BCUT2D eigenvalue weighted by atomic mass is 10.2. The second kappa shape index (κ2) is 6.80. The number of pyridine rings is 1. The van der Waals surface area contributed by atoms with Crippen molar-refractivity contribution >= 4 is 6.09 Å². The lowest BCUT2D eigenvalue weighted by Gasteiger charge is -2.04. The second-order valence-electron chi connectivity index (χ2n) is 4.21. The van der Waals surface area contributed by atoms with Crippen molar-refractivity contribution in [2.24, 2.45) is 5.73 Å². The van der Waals surface area contributed by atoms with Gasteiger partial charge in [-0.1, -0.05) is 5.16 Å². The van der Waals surface area contributed by atoms with Crippen LogP contribution in [-0.2, 0) is 16.1 Å². The van der Waals surface area contributed by atoms with Gasteiger partial charge < -0.3 is 19.7 Å². The molecular formula is C13H16N4O4. The molecule has 2 N–H and O–H groups in total. The quantitative estimate of drug-likeness (QED) is 0.863. The topological polar surface area (TPSA) is 113 Å². The Morgan fingerprint density at radius 2 is 2.33 bits per heavy atom. The van der Waals surface area contributed by atoms with Crippen LogP contribution in [0.2, 0.25) is 0 Å². The van der Waals surface area contributed by atoms with Crippen LogP contribution in [0.5, 0.6) is 0 Å². The molecule has 0 saturated heterocycles. The van der Waals surface area contributed by atoms with E-state index in [2.05, 4.69) is 15.1 Å². The third-order valence-corrected chi connectivity index (χ3v) is 2.61. The lowest BCUT2D eigenvalue weighted by molar-refractivity contribution is 0.0959. The molecular weight excluding hydrogens is 276 g/mol. The van der Waals surface area contributed by atoms with E-state index in [-0.39, 0.29) is 5.89 Å². The summed E-state index contributed by atoms with van der Waals surface area (Å²) >= 11 is 0. The number of hydrogen-bond acceptors (Lipinski definition) is 7. The van der Waals surface area contributed by atoms with Gasteiger partial charge >= 0.3 is 6.09 Å². The Hall–Kier alpha value is -2.48. The van der Waals surface area contributed by atoms with E-state index in [4.69, 9.17) is 19.7 Å². The van der Waals surface area contributed by atoms with Gasteiger partial charge in [-0.3, -0.25) is 4.98 Å². The molecule has 8 nitrogen and oxygen atoms in total. The molecule has 2 heterocycles. The molecule has 0 saturated carbocycles. The minimum atomic E-state index is -0.898. The summed E-state index contributed by atoms with van der Waals surface area (Å²) in [6.07, 6.45) is 0.0434. The predicted octanol–water partition coefficient (Wildman–Crippen LogP) is 1.82. The van der Waals surface area contributed by atoms with Crippen molar-refractivity contribution in [1.29, 1.82) is 0 Å². The number of primary amides is 1. The summed E-state index contributed by atoms with van der Waals surface area (Å²) in [6, 6.07) is 3.56. The zero-order valence-corrected chi connectivity index (χ0v) is 11.8. The minimum absolute atomic E-state index is 0.173. The van der Waals surface area contributed by atoms with E-state index in [0.717, 1.165) is 11.3 Å². The summed E-state index contributed by atoms with van der Waals surface area (Å²) in [5, 5.41) is 3.85. The molecule has 1 amide bonds. The molecule has 0 spiro atoms. The van der Waals surface area contributed by atoms with Gasteiger partial charge in [0.2, 0.25) is 5.82 Å². The molecule has 1 atom stereocenters. The molecule has 0 fully saturated rings. The van der Waals surface area contributed by atoms with Crippen LogP contribution in [0.15, 0.2) is 22.9 Å². The number of aromatic nitrogens is 3. The van der Waals surface area contributed by atoms with Crippen LogP contribution in [0.25, 0.3) is 11.4 Å². The molecule has 21 heavy (non-hydrogen) atoms. The van der Waals surface area contributed by atoms with Gasteiger partial charge in [0.05, 0.1) is 12.3 Å². The molecule has 8 heteroatoms. The molecule has 0 radical (unpaired) electrons. The summed E-state index contributed by atoms with van der Waals surface area (Å²) in [6.45, 7) is 4.53. The first-order valence-corrected chi connectivity index (χ1v) is 6.43. The third kappa shape index (κ3) is 3.99. The SMILES string of the molecule is CCOCc1cc(-c2noc(C(C)OC(N)=O)n2)ccn1. The van der Waals surface area contributed by atoms with Crippen molar-refractivity contribution in [1.82, 2.24) is 15.1 Å². The number of nitrogens with two attached hydrogens (primary N) is 1. The van der Waals surface area contributed by atoms with Crippen molar-refractivity contribution < 1.29 is 18.8 Å². The lowest BCUT2D eigenvalue weighted by Crippen LogP contribution is -2.15. The highest BCUT2D eigenvalue weighted by molar-refractivity contribution is 5.64. The molecule has 2 aromatic rings. The second-order valence-corrected chi connectivity index (χ2v) is 4.21. The number of hydrogen-bond donors (Lipinski definition) is 1. The van der Waals surface area contributed by atoms with Crippen molar-refractivity contribution in [2.45, 2.75) is 26.6 Å². The fourth-order valence-electron chi connectivity index (χ4n) is 1.65. The first-order valence-electron chi connectivity index (χ1n) is 6.43. The van der Waals surface area contributed by atoms with Crippen LogP contribution >= 0.6 is 0 Å². The molecule has 2 rings (SSSR count). The molecule has 0 bridgehead atoms. The molecule has 0 aromatic carbocycles. The Balaban J connectivity index is 2.15. The monoisotopic (exact) mass is 292 g/mol. The average Bonchev–Trinajstić information content (AvgIpc) is 2.94. The minimum Gasteiger partial charge on any atom is -0.437 e. The molecule has 1 unspecified atom stereocenters. The van der Waals surface area contributed by atoms with E-state index in [1.165, 1.54) is 0 Å². The Morgan fingerprint density at radius 1 is 1.52 bits per heavy atom. The summed E-state index contributed by atoms with van der Waals surface area (Å²) in [7, 11) is 0. The number of rotatable bonds is 6. The Bertz CT molecular complexity index is 614. The molecule has 0 aliphatic carbocycles. The largest absolute Gasteiger partial charge is 0.437 e. The van der Waals surface area contributed by atoms with Gasteiger partial charge in [0, 0.05) is 18.4 Å². The van der Waals surface area contributed by atoms with Crippen LogP contribution in [0.4, 0.5) is 4.79 Å². The first-order chi connectivity index (χ1) is 10.1. The first kappa shape index (κ1) is 14.9. The molecule has 0 aliphatic rings. The fraction of sp³-hybridized carbons (Fsp3) is 0.385. The van der Waals surface area contributed by atoms with E-state index in [1.54, 1.807) is 19.2 Å². The number of carbonyl (C=O) groups excluding carboxylic acids is 1. The number of ether oxygens (including phenoxy) is 2. The zero-order valence-electron chi connectivity index (χ0n) is 11.8. The summed E-state index contributed by atoms with van der Waals surface area (Å²) in [5.74, 6) is 0.553. The van der Waals surface area contributed by atoms with Gasteiger partial charge in [-0.05, 0) is 26.0 Å². The maximum absolute atomic E-state index is 10.7. The van der Waals surface area contributed by atoms with Crippen molar-refractivity contribution in [3.63, 3.8) is 0 Å². The fourth-order valence-corrected chi connectivity index (χ4v) is 1.65. The summed E-state index contributed by atoms with van der Waals surface area (Å²) < 4.78 is 15.1. The maximum atomic E-state index is 10.7. The highest BCUT2D eigenvalue weighted by atomic mass is 16.6. The third-order valence-electron chi connectivity index (χ3n) is 2.61. The van der Waals surface area contributed by atoms with E-state index in [1.807, 2.05) is 13.0 Å². The van der Waals surface area contributed by atoms with Crippen LogP contribution in [0.3, 0.4) is 0 Å². The highest BCUT2D eigenvalue weighted by Gasteiger charge is 2.18. The summed E-state index contributed by atoms with van der Waals surface area (Å²) in [5.41, 5.74) is 6.44. The Labute approximate surface area is 121 Å². The van der Waals surface area contributed by atoms with Crippen LogP contribution in [0, 0.1) is 0 Å². The van der Waals surface area contributed by atoms with E-state index in [0.29, 0.717) is 19.0 Å². The van der Waals surface area contributed by atoms with Gasteiger partial charge in [0.1, 0.15) is 0 Å². The van der Waals surface area contributed by atoms with Gasteiger partial charge in [0.15, 0.2) is 6.10 Å². The predicted molar refractivity (Wildman–Crippen MR) is 71.9 cm³/mol. The van der Waals surface area contributed by atoms with E-state index in [9.17, 15) is 4.79 Å². The smallest absolute Gasteiger partial charge is 0.405 e. The standard InChI is InChI=1S/C13H16N4O4/c1-3-19-7-10-6-9(4-5-15-10)11-16-12(21-17-11)8(2)20-13(14)18/h4-6,8H,3,7H2,1-2H3,(H2,14,18). The van der Waals surface area contributed by atoms with E-state index >= 15 is 0 Å². The van der Waals surface area contributed by atoms with Crippen molar-refractivity contribution in [2.75, 3.05) is 6.61 Å². The van der Waals surface area contributed by atoms with Crippen molar-refractivity contribution in [3.05, 3.63) is 29.9 Å². The number of amides is 1. The number of carbonyl (C=O) groups is 1. The normalized spacial score (nSPS) is 12.1. The van der Waals surface area contributed by atoms with Gasteiger partial charge in [-0.2, -0.15) is 4.98 Å². The molecule has 2 aromatic heterocycles. The molecule has 0 aliphatic heterocycles. The van der Waals surface area contributed by atoms with Crippen LogP contribution in [-0.4, -0.2) is 27.8 Å². The number of nitrogens with zero attached hydrogens (tertiary/aromatic N) is 3. The Kier molecular flexibility index (Phi) is 4.83. The maximum Gasteiger partial charge on any atom is 0.405 e. The highest BCUT2D eigenvalue weighted by Crippen LogP contribution is 2.20. The van der Waals surface area contributed by atoms with Gasteiger partial charge in [-0.25, -0.2) is 4.79 Å². The van der Waals surface area contributed by atoms with Crippen LogP contribution < -0.4 is 5.73 Å². The van der Waals surface area contributed by atoms with Crippen molar-refractivity contribution in [3.8, 4) is 11.4 Å². The molecule has 112 valence electrons. The van der Waals surface area contributed by atoms with Crippen LogP contribution in [0.1, 0.15) is 31.5 Å². The van der Waals surface area contributed by atoms with Gasteiger partial charge in [-0.15, -0.1) is 0 Å². The van der Waals surface area contributed by atoms with Gasteiger partial charge in [0.25, 0.3) is 5.89 Å². The summed E-state index contributed by atoms with van der Waals surface area (Å²) in [4.78, 5) is 19.1. The van der Waals surface area contributed by atoms with E-state index < -0.39 is 12.2 Å². The average molecular weight is 292 g/mol. The zero-order chi connectivity index (χ0) is 15.2.